The number of benzene rings is 1. The van der Waals surface area contributed by atoms with Crippen molar-refractivity contribution in [3.63, 3.8) is 0 Å². The highest BCUT2D eigenvalue weighted by atomic mass is 16.5. The van der Waals surface area contributed by atoms with Crippen LogP contribution in [-0.2, 0) is 14.4 Å². The Morgan fingerprint density at radius 2 is 1.86 bits per heavy atom. The van der Waals surface area contributed by atoms with Gasteiger partial charge in [-0.1, -0.05) is 20.8 Å². The van der Waals surface area contributed by atoms with Crippen molar-refractivity contribution in [2.75, 3.05) is 26.1 Å². The number of nitrogens with zero attached hydrogens (tertiary/aromatic N) is 1. The van der Waals surface area contributed by atoms with E-state index in [1.165, 1.54) is 12.0 Å². The Hall–Kier alpha value is -2.57. The van der Waals surface area contributed by atoms with Crippen LogP contribution in [0.4, 0.5) is 5.69 Å². The van der Waals surface area contributed by atoms with E-state index < -0.39 is 5.41 Å². The van der Waals surface area contributed by atoms with E-state index in [4.69, 9.17) is 9.47 Å². The number of rotatable bonds is 7. The van der Waals surface area contributed by atoms with Gasteiger partial charge in [0.1, 0.15) is 0 Å². The van der Waals surface area contributed by atoms with Crippen LogP contribution in [-0.4, -0.2) is 43.4 Å². The van der Waals surface area contributed by atoms with E-state index in [0.29, 0.717) is 23.6 Å². The predicted molar refractivity (Wildman–Crippen MR) is 109 cm³/mol. The third-order valence-electron chi connectivity index (χ3n) is 6.96. The highest BCUT2D eigenvalue weighted by Crippen LogP contribution is 2.60. The molecule has 2 atom stereocenters. The van der Waals surface area contributed by atoms with Gasteiger partial charge in [-0.05, 0) is 36.8 Å². The number of likely N-dealkylation sites (tertiary alicyclic amines) is 1. The summed E-state index contributed by atoms with van der Waals surface area (Å²) in [4.78, 5) is 39.5. The number of methoxy groups -OCH3 is 2. The Bertz CT molecular complexity index is 834. The molecular formula is C22H30N2O5. The molecule has 1 aromatic carbocycles. The lowest BCUT2D eigenvalue weighted by Crippen LogP contribution is -2.59. The molecule has 1 aliphatic carbocycles. The Kier molecular flexibility index (Phi) is 5.61. The van der Waals surface area contributed by atoms with Crippen molar-refractivity contribution in [1.82, 2.24) is 4.90 Å². The first-order chi connectivity index (χ1) is 13.7. The largest absolute Gasteiger partial charge is 0.493 e. The molecule has 3 amide bonds. The Morgan fingerprint density at radius 1 is 1.17 bits per heavy atom. The second-order valence-corrected chi connectivity index (χ2v) is 8.66. The van der Waals surface area contributed by atoms with Gasteiger partial charge in [0.25, 0.3) is 0 Å². The minimum atomic E-state index is -0.506. The smallest absolute Gasteiger partial charge is 0.235 e. The second-order valence-electron chi connectivity index (χ2n) is 8.66. The fraction of sp³-hybridized carbons (Fsp3) is 0.591. The summed E-state index contributed by atoms with van der Waals surface area (Å²) in [7, 11) is 3.08. The summed E-state index contributed by atoms with van der Waals surface area (Å²) in [5.74, 6) is 0.631. The molecule has 2 aliphatic rings. The minimum Gasteiger partial charge on any atom is -0.493 e. The molecule has 1 saturated carbocycles. The molecule has 29 heavy (non-hydrogen) atoms. The molecule has 158 valence electrons. The number of anilines is 1. The van der Waals surface area contributed by atoms with E-state index in [9.17, 15) is 14.4 Å². The molecule has 1 heterocycles. The topological polar surface area (TPSA) is 84.9 Å². The van der Waals surface area contributed by atoms with Crippen molar-refractivity contribution in [2.24, 2.45) is 16.7 Å². The molecule has 1 N–H and O–H groups in total. The van der Waals surface area contributed by atoms with Crippen LogP contribution in [0.25, 0.3) is 0 Å². The van der Waals surface area contributed by atoms with Crippen molar-refractivity contribution < 1.29 is 23.9 Å². The van der Waals surface area contributed by atoms with Gasteiger partial charge < -0.3 is 14.8 Å². The lowest BCUT2D eigenvalue weighted by atomic mass is 9.62. The molecule has 3 rings (SSSR count). The zero-order valence-corrected chi connectivity index (χ0v) is 17.8. The minimum absolute atomic E-state index is 0.0877. The normalized spacial score (nSPS) is 25.1. The molecule has 2 unspecified atom stereocenters. The molecule has 1 aromatic rings. The van der Waals surface area contributed by atoms with E-state index in [1.54, 1.807) is 25.3 Å². The van der Waals surface area contributed by atoms with Crippen molar-refractivity contribution in [3.8, 4) is 11.5 Å². The summed E-state index contributed by atoms with van der Waals surface area (Å²) < 4.78 is 10.4. The van der Waals surface area contributed by atoms with E-state index in [0.717, 1.165) is 12.8 Å². The third kappa shape index (κ3) is 3.47. The standard InChI is InChI=1S/C22H30N2O5/c1-21(2)15-10-11-22(21,3)20(27)24(19(15)26)12-6-7-18(25)23-14-8-9-16(28-4)17(13-14)29-5/h8-9,13,15H,6-7,10-12H2,1-5H3,(H,23,25). The zero-order valence-electron chi connectivity index (χ0n) is 17.8. The number of hydrogen-bond donors (Lipinski definition) is 1. The van der Waals surface area contributed by atoms with Gasteiger partial charge in [0.15, 0.2) is 11.5 Å². The van der Waals surface area contributed by atoms with Crippen LogP contribution in [0.15, 0.2) is 18.2 Å². The quantitative estimate of drug-likeness (QED) is 0.708. The lowest BCUT2D eigenvalue weighted by Gasteiger charge is -2.47. The van der Waals surface area contributed by atoms with Gasteiger partial charge in [0.2, 0.25) is 17.7 Å². The molecule has 0 radical (unpaired) electrons. The van der Waals surface area contributed by atoms with Crippen LogP contribution in [0, 0.1) is 16.7 Å². The van der Waals surface area contributed by atoms with E-state index in [2.05, 4.69) is 5.32 Å². The van der Waals surface area contributed by atoms with Crippen LogP contribution in [0.1, 0.15) is 46.5 Å². The monoisotopic (exact) mass is 402 g/mol. The molecule has 1 saturated heterocycles. The van der Waals surface area contributed by atoms with Crippen molar-refractivity contribution in [2.45, 2.75) is 46.5 Å². The van der Waals surface area contributed by atoms with Crippen LogP contribution in [0.3, 0.4) is 0 Å². The first-order valence-electron chi connectivity index (χ1n) is 10.0. The second kappa shape index (κ2) is 7.69. The number of piperidine rings is 1. The van der Waals surface area contributed by atoms with Gasteiger partial charge >= 0.3 is 0 Å². The highest BCUT2D eigenvalue weighted by molar-refractivity contribution is 6.03. The third-order valence-corrected chi connectivity index (χ3v) is 6.96. The van der Waals surface area contributed by atoms with Gasteiger partial charge in [0.05, 0.1) is 19.6 Å². The Labute approximate surface area is 171 Å². The molecule has 2 bridgehead atoms. The van der Waals surface area contributed by atoms with Crippen molar-refractivity contribution >= 4 is 23.4 Å². The van der Waals surface area contributed by atoms with Crippen LogP contribution < -0.4 is 14.8 Å². The summed E-state index contributed by atoms with van der Waals surface area (Å²) in [5.41, 5.74) is -0.222. The number of imide groups is 1. The maximum Gasteiger partial charge on any atom is 0.235 e. The number of carbonyl (C=O) groups is 3. The fourth-order valence-corrected chi connectivity index (χ4v) is 4.65. The van der Waals surface area contributed by atoms with Crippen LogP contribution in [0.2, 0.25) is 0 Å². The van der Waals surface area contributed by atoms with Gasteiger partial charge in [-0.3, -0.25) is 19.3 Å². The summed E-state index contributed by atoms with van der Waals surface area (Å²) in [6, 6.07) is 5.14. The Balaban J connectivity index is 1.57. The Morgan fingerprint density at radius 3 is 2.52 bits per heavy atom. The summed E-state index contributed by atoms with van der Waals surface area (Å²) in [6.45, 7) is 6.29. The fourth-order valence-electron chi connectivity index (χ4n) is 4.65. The number of hydrogen-bond acceptors (Lipinski definition) is 5. The molecule has 1 aliphatic heterocycles. The van der Waals surface area contributed by atoms with Crippen LogP contribution >= 0.6 is 0 Å². The van der Waals surface area contributed by atoms with E-state index in [-0.39, 0.29) is 42.0 Å². The summed E-state index contributed by atoms with van der Waals surface area (Å²) in [6.07, 6.45) is 2.14. The van der Waals surface area contributed by atoms with E-state index in [1.807, 2.05) is 20.8 Å². The number of fused-ring (bicyclic) bond motifs is 2. The van der Waals surface area contributed by atoms with Gasteiger partial charge in [-0.15, -0.1) is 0 Å². The van der Waals surface area contributed by atoms with Crippen LogP contribution in [0.5, 0.6) is 11.5 Å². The van der Waals surface area contributed by atoms with Crippen molar-refractivity contribution in [1.29, 1.82) is 0 Å². The maximum absolute atomic E-state index is 13.0. The lowest BCUT2D eigenvalue weighted by molar-refractivity contribution is -0.168. The number of amides is 3. The molecule has 2 fully saturated rings. The number of nitrogens with one attached hydrogen (secondary N) is 1. The first-order valence-corrected chi connectivity index (χ1v) is 10.0. The molecule has 7 heteroatoms. The highest BCUT2D eigenvalue weighted by Gasteiger charge is 2.64. The predicted octanol–water partition coefficient (Wildman–Crippen LogP) is 3.23. The molecule has 7 nitrogen and oxygen atoms in total. The van der Waals surface area contributed by atoms with Gasteiger partial charge in [-0.25, -0.2) is 0 Å². The zero-order chi connectivity index (χ0) is 21.4. The number of ether oxygens (including phenoxy) is 2. The molecule has 0 spiro atoms. The SMILES string of the molecule is COc1ccc(NC(=O)CCCN2C(=O)C3CCC(C)(C2=O)C3(C)C)cc1OC. The summed E-state index contributed by atoms with van der Waals surface area (Å²) >= 11 is 0. The van der Waals surface area contributed by atoms with E-state index >= 15 is 0 Å². The number of carbonyl (C=O) groups excluding carboxylic acids is 3. The average molecular weight is 402 g/mol. The van der Waals surface area contributed by atoms with Gasteiger partial charge in [-0.2, -0.15) is 0 Å². The summed E-state index contributed by atoms with van der Waals surface area (Å²) in [5, 5.41) is 2.82. The molecule has 0 aromatic heterocycles. The first kappa shape index (κ1) is 21.1. The maximum atomic E-state index is 13.0. The molecular weight excluding hydrogens is 372 g/mol. The average Bonchev–Trinajstić information content (AvgIpc) is 2.88. The van der Waals surface area contributed by atoms with Crippen molar-refractivity contribution in [3.05, 3.63) is 18.2 Å². The van der Waals surface area contributed by atoms with Gasteiger partial charge in [0, 0.05) is 30.6 Å².